The molecule has 0 saturated carbocycles. The second kappa shape index (κ2) is 5.81. The Bertz CT molecular complexity index is 715. The minimum Gasteiger partial charge on any atom is -0.399 e. The number of nitrogen functional groups attached to an aromatic ring is 1. The number of fused-ring (bicyclic) bond motifs is 1. The maximum Gasteiger partial charge on any atom is 0.255 e. The molecule has 1 aliphatic heterocycles. The summed E-state index contributed by atoms with van der Waals surface area (Å²) < 4.78 is 1.71. The van der Waals surface area contributed by atoms with Crippen LogP contribution in [0.25, 0.3) is 0 Å². The van der Waals surface area contributed by atoms with Crippen LogP contribution in [0.15, 0.2) is 45.3 Å². The van der Waals surface area contributed by atoms with E-state index in [4.69, 9.17) is 5.73 Å². The highest BCUT2D eigenvalue weighted by Gasteiger charge is 2.23. The number of carbonyl (C=O) groups excluding carboxylic acids is 1. The van der Waals surface area contributed by atoms with Crippen molar-refractivity contribution in [3.63, 3.8) is 0 Å². The lowest BCUT2D eigenvalue weighted by Crippen LogP contribution is -2.36. The fourth-order valence-electron chi connectivity index (χ4n) is 2.58. The summed E-state index contributed by atoms with van der Waals surface area (Å²) in [4.78, 5) is 14.6. The molecule has 0 unspecified atom stereocenters. The molecule has 3 nitrogen and oxygen atoms in total. The minimum atomic E-state index is 0.0382. The Kier molecular flexibility index (Phi) is 4.04. The minimum absolute atomic E-state index is 0.0382. The van der Waals surface area contributed by atoms with Crippen LogP contribution in [-0.2, 0) is 13.0 Å². The number of benzene rings is 2. The Labute approximate surface area is 140 Å². The zero-order chi connectivity index (χ0) is 15.0. The van der Waals surface area contributed by atoms with Gasteiger partial charge in [0.25, 0.3) is 5.91 Å². The molecule has 0 radical (unpaired) electrons. The molecule has 0 bridgehead atoms. The van der Waals surface area contributed by atoms with Gasteiger partial charge in [0.1, 0.15) is 0 Å². The van der Waals surface area contributed by atoms with Gasteiger partial charge < -0.3 is 10.6 Å². The third kappa shape index (κ3) is 2.99. The molecule has 3 rings (SSSR count). The first-order chi connectivity index (χ1) is 10.0. The first-order valence-corrected chi connectivity index (χ1v) is 8.25. The molecule has 0 atom stereocenters. The van der Waals surface area contributed by atoms with Crippen molar-refractivity contribution in [3.8, 4) is 0 Å². The molecule has 0 fully saturated rings. The van der Waals surface area contributed by atoms with Gasteiger partial charge in [-0.3, -0.25) is 4.79 Å². The van der Waals surface area contributed by atoms with Crippen LogP contribution in [0.5, 0.6) is 0 Å². The highest BCUT2D eigenvalue weighted by molar-refractivity contribution is 9.11. The highest BCUT2D eigenvalue weighted by Crippen LogP contribution is 2.26. The van der Waals surface area contributed by atoms with E-state index in [2.05, 4.69) is 37.9 Å². The largest absolute Gasteiger partial charge is 0.399 e. The Morgan fingerprint density at radius 3 is 2.71 bits per heavy atom. The fraction of sp³-hybridized carbons (Fsp3) is 0.188. The fourth-order valence-corrected chi connectivity index (χ4v) is 3.36. The van der Waals surface area contributed by atoms with E-state index in [-0.39, 0.29) is 5.91 Å². The SMILES string of the molecule is Nc1ccc2c(c1)CN(C(=O)c1cc(Br)ccc1Br)CC2. The van der Waals surface area contributed by atoms with Gasteiger partial charge in [0.15, 0.2) is 0 Å². The van der Waals surface area contributed by atoms with Crippen LogP contribution in [0.4, 0.5) is 5.69 Å². The number of hydrogen-bond donors (Lipinski definition) is 1. The maximum absolute atomic E-state index is 12.7. The normalized spacial score (nSPS) is 13.9. The second-order valence-electron chi connectivity index (χ2n) is 5.13. The second-order valence-corrected chi connectivity index (χ2v) is 6.90. The zero-order valence-electron chi connectivity index (χ0n) is 11.3. The van der Waals surface area contributed by atoms with Crippen LogP contribution >= 0.6 is 31.9 Å². The van der Waals surface area contributed by atoms with Crippen LogP contribution in [0.3, 0.4) is 0 Å². The van der Waals surface area contributed by atoms with Crippen molar-refractivity contribution in [2.45, 2.75) is 13.0 Å². The molecule has 1 heterocycles. The Balaban J connectivity index is 1.88. The number of anilines is 1. The highest BCUT2D eigenvalue weighted by atomic mass is 79.9. The smallest absolute Gasteiger partial charge is 0.255 e. The Morgan fingerprint density at radius 1 is 1.10 bits per heavy atom. The van der Waals surface area contributed by atoms with Gasteiger partial charge in [-0.05, 0) is 63.8 Å². The summed E-state index contributed by atoms with van der Waals surface area (Å²) >= 11 is 6.87. The van der Waals surface area contributed by atoms with Crippen molar-refractivity contribution in [2.24, 2.45) is 0 Å². The lowest BCUT2D eigenvalue weighted by atomic mass is 9.98. The van der Waals surface area contributed by atoms with Crippen molar-refractivity contribution in [1.29, 1.82) is 0 Å². The van der Waals surface area contributed by atoms with Crippen molar-refractivity contribution < 1.29 is 4.79 Å². The summed E-state index contributed by atoms with van der Waals surface area (Å²) in [7, 11) is 0. The van der Waals surface area contributed by atoms with Crippen molar-refractivity contribution in [2.75, 3.05) is 12.3 Å². The van der Waals surface area contributed by atoms with Crippen LogP contribution in [-0.4, -0.2) is 17.4 Å². The quantitative estimate of drug-likeness (QED) is 0.723. The molecular weight excluding hydrogens is 396 g/mol. The summed E-state index contributed by atoms with van der Waals surface area (Å²) in [6, 6.07) is 11.6. The number of nitrogens with two attached hydrogens (primary N) is 1. The summed E-state index contributed by atoms with van der Waals surface area (Å²) in [5.74, 6) is 0.0382. The predicted octanol–water partition coefficient (Wildman–Crippen LogP) is 3.99. The van der Waals surface area contributed by atoms with Gasteiger partial charge in [-0.15, -0.1) is 0 Å². The molecular formula is C16H14Br2N2O. The van der Waals surface area contributed by atoms with Crippen LogP contribution in [0, 0.1) is 0 Å². The van der Waals surface area contributed by atoms with E-state index in [0.29, 0.717) is 12.1 Å². The van der Waals surface area contributed by atoms with E-state index in [9.17, 15) is 4.79 Å². The van der Waals surface area contributed by atoms with Crippen LogP contribution in [0.1, 0.15) is 21.5 Å². The van der Waals surface area contributed by atoms with E-state index in [1.807, 2.05) is 35.2 Å². The lowest BCUT2D eigenvalue weighted by molar-refractivity contribution is 0.0733. The molecule has 2 aromatic rings. The Hall–Kier alpha value is -1.33. The van der Waals surface area contributed by atoms with Gasteiger partial charge in [-0.1, -0.05) is 22.0 Å². The monoisotopic (exact) mass is 408 g/mol. The van der Waals surface area contributed by atoms with Gasteiger partial charge >= 0.3 is 0 Å². The average molecular weight is 410 g/mol. The first-order valence-electron chi connectivity index (χ1n) is 6.66. The van der Waals surface area contributed by atoms with Crippen molar-refractivity contribution in [1.82, 2.24) is 4.90 Å². The first kappa shape index (κ1) is 14.6. The van der Waals surface area contributed by atoms with Gasteiger partial charge in [-0.25, -0.2) is 0 Å². The zero-order valence-corrected chi connectivity index (χ0v) is 14.4. The van der Waals surface area contributed by atoms with E-state index >= 15 is 0 Å². The van der Waals surface area contributed by atoms with E-state index in [1.54, 1.807) is 0 Å². The van der Waals surface area contributed by atoms with Crippen molar-refractivity contribution >= 4 is 43.5 Å². The summed E-state index contributed by atoms with van der Waals surface area (Å²) in [5.41, 5.74) is 9.68. The van der Waals surface area contributed by atoms with Gasteiger partial charge in [0.05, 0.1) is 5.56 Å². The molecule has 0 aromatic heterocycles. The molecule has 1 amide bonds. The van der Waals surface area contributed by atoms with Gasteiger partial charge in [0.2, 0.25) is 0 Å². The lowest BCUT2D eigenvalue weighted by Gasteiger charge is -2.29. The van der Waals surface area contributed by atoms with Gasteiger partial charge in [0, 0.05) is 27.7 Å². The summed E-state index contributed by atoms with van der Waals surface area (Å²) in [5, 5.41) is 0. The number of carbonyl (C=O) groups is 1. The summed E-state index contributed by atoms with van der Waals surface area (Å²) in [6.07, 6.45) is 0.868. The Morgan fingerprint density at radius 2 is 1.90 bits per heavy atom. The number of rotatable bonds is 1. The molecule has 2 aromatic carbocycles. The standard InChI is InChI=1S/C16H14Br2N2O/c17-12-2-4-15(18)14(8-12)16(21)20-6-5-10-1-3-13(19)7-11(10)9-20/h1-4,7-8H,5-6,9,19H2. The molecule has 0 spiro atoms. The van der Waals surface area contributed by atoms with Crippen LogP contribution in [0.2, 0.25) is 0 Å². The van der Waals surface area contributed by atoms with Gasteiger partial charge in [-0.2, -0.15) is 0 Å². The number of hydrogen-bond acceptors (Lipinski definition) is 2. The molecule has 108 valence electrons. The third-order valence-electron chi connectivity index (χ3n) is 3.69. The molecule has 5 heteroatoms. The average Bonchev–Trinajstić information content (AvgIpc) is 2.48. The molecule has 1 aliphatic rings. The molecule has 21 heavy (non-hydrogen) atoms. The predicted molar refractivity (Wildman–Crippen MR) is 91.1 cm³/mol. The third-order valence-corrected chi connectivity index (χ3v) is 4.87. The van der Waals surface area contributed by atoms with E-state index in [0.717, 1.165) is 33.2 Å². The maximum atomic E-state index is 12.7. The topological polar surface area (TPSA) is 46.3 Å². The van der Waals surface area contributed by atoms with E-state index in [1.165, 1.54) is 5.56 Å². The molecule has 2 N–H and O–H groups in total. The van der Waals surface area contributed by atoms with Crippen molar-refractivity contribution in [3.05, 3.63) is 62.0 Å². The van der Waals surface area contributed by atoms with Crippen LogP contribution < -0.4 is 5.73 Å². The number of amides is 1. The number of nitrogens with zero attached hydrogens (tertiary/aromatic N) is 1. The molecule has 0 aliphatic carbocycles. The number of halogens is 2. The molecule has 0 saturated heterocycles. The van der Waals surface area contributed by atoms with E-state index < -0.39 is 0 Å². The summed E-state index contributed by atoms with van der Waals surface area (Å²) in [6.45, 7) is 1.34.